The Morgan fingerprint density at radius 2 is 1.83 bits per heavy atom. The maximum Gasteiger partial charge on any atom is 0.416 e. The predicted molar refractivity (Wildman–Crippen MR) is 128 cm³/mol. The standard InChI is InChI=1S/C26H25F4NO4S/c1-14(2)35-22(25(33)34)10-16-4-6-19(23-8-15(3)13-36-23)17(9-16)12-31-24(32)20-7-5-18(11-21(20)27)26(28,29)30/h4-9,11,13-14,22H,10,12H2,1-3H3,(H,31,32)(H,33,34). The molecule has 0 bridgehead atoms. The lowest BCUT2D eigenvalue weighted by Crippen LogP contribution is -2.29. The highest BCUT2D eigenvalue weighted by molar-refractivity contribution is 7.13. The van der Waals surface area contributed by atoms with Crippen LogP contribution in [-0.2, 0) is 28.7 Å². The van der Waals surface area contributed by atoms with Crippen LogP contribution < -0.4 is 5.32 Å². The fourth-order valence-corrected chi connectivity index (χ4v) is 4.58. The van der Waals surface area contributed by atoms with Gasteiger partial charge in [-0.25, -0.2) is 9.18 Å². The van der Waals surface area contributed by atoms with Crippen molar-refractivity contribution in [3.05, 3.63) is 81.5 Å². The molecule has 3 rings (SSSR count). The van der Waals surface area contributed by atoms with Crippen molar-refractivity contribution in [3.63, 3.8) is 0 Å². The van der Waals surface area contributed by atoms with E-state index in [1.165, 1.54) is 11.3 Å². The summed E-state index contributed by atoms with van der Waals surface area (Å²) in [6, 6.07) is 9.04. The van der Waals surface area contributed by atoms with Crippen LogP contribution in [0.5, 0.6) is 0 Å². The molecule has 1 aromatic heterocycles. The van der Waals surface area contributed by atoms with E-state index in [0.29, 0.717) is 17.2 Å². The fraction of sp³-hybridized carbons (Fsp3) is 0.308. The lowest BCUT2D eigenvalue weighted by molar-refractivity contribution is -0.153. The molecule has 2 aromatic carbocycles. The van der Waals surface area contributed by atoms with E-state index in [1.54, 1.807) is 26.0 Å². The molecule has 0 aliphatic carbocycles. The number of amides is 1. The lowest BCUT2D eigenvalue weighted by atomic mass is 9.98. The number of hydrogen-bond acceptors (Lipinski definition) is 4. The Kier molecular flexibility index (Phi) is 8.52. The van der Waals surface area contributed by atoms with E-state index < -0.39 is 41.1 Å². The molecule has 1 amide bonds. The van der Waals surface area contributed by atoms with Gasteiger partial charge in [0.25, 0.3) is 5.91 Å². The minimum Gasteiger partial charge on any atom is -0.479 e. The van der Waals surface area contributed by atoms with Gasteiger partial charge in [0.2, 0.25) is 0 Å². The molecule has 36 heavy (non-hydrogen) atoms. The quantitative estimate of drug-likeness (QED) is 0.326. The number of halogens is 4. The van der Waals surface area contributed by atoms with Gasteiger partial charge in [-0.3, -0.25) is 4.79 Å². The highest BCUT2D eigenvalue weighted by atomic mass is 32.1. The average Bonchev–Trinajstić information content (AvgIpc) is 3.22. The summed E-state index contributed by atoms with van der Waals surface area (Å²) in [5.41, 5.74) is 1.44. The minimum absolute atomic E-state index is 0.0534. The van der Waals surface area contributed by atoms with E-state index in [0.717, 1.165) is 22.1 Å². The van der Waals surface area contributed by atoms with Gasteiger partial charge in [-0.15, -0.1) is 11.3 Å². The summed E-state index contributed by atoms with van der Waals surface area (Å²) in [4.78, 5) is 25.1. The number of carboxylic acids is 1. The minimum atomic E-state index is -4.73. The summed E-state index contributed by atoms with van der Waals surface area (Å²) in [7, 11) is 0. The number of benzene rings is 2. The van der Waals surface area contributed by atoms with Crippen LogP contribution in [-0.4, -0.2) is 29.2 Å². The smallest absolute Gasteiger partial charge is 0.416 e. The van der Waals surface area contributed by atoms with Crippen molar-refractivity contribution in [2.45, 2.75) is 52.1 Å². The van der Waals surface area contributed by atoms with Gasteiger partial charge < -0.3 is 15.2 Å². The first-order valence-corrected chi connectivity index (χ1v) is 11.9. The topological polar surface area (TPSA) is 75.6 Å². The Labute approximate surface area is 209 Å². The van der Waals surface area contributed by atoms with Gasteiger partial charge in [-0.1, -0.05) is 18.2 Å². The monoisotopic (exact) mass is 523 g/mol. The highest BCUT2D eigenvalue weighted by Crippen LogP contribution is 2.32. The fourth-order valence-electron chi connectivity index (χ4n) is 3.62. The number of alkyl halides is 3. The van der Waals surface area contributed by atoms with Crippen LogP contribution in [0.4, 0.5) is 17.6 Å². The molecule has 1 heterocycles. The van der Waals surface area contributed by atoms with Crippen molar-refractivity contribution in [1.29, 1.82) is 0 Å². The van der Waals surface area contributed by atoms with Gasteiger partial charge in [0.05, 0.1) is 17.2 Å². The number of ether oxygens (including phenoxy) is 1. The number of aliphatic carboxylic acids is 1. The molecule has 0 aliphatic heterocycles. The van der Waals surface area contributed by atoms with Gasteiger partial charge in [-0.2, -0.15) is 13.2 Å². The van der Waals surface area contributed by atoms with E-state index in [1.807, 2.05) is 24.4 Å². The number of carboxylic acid groups (broad SMARTS) is 1. The first-order chi connectivity index (χ1) is 16.8. The summed E-state index contributed by atoms with van der Waals surface area (Å²) in [6.07, 6.45) is -6.00. The highest BCUT2D eigenvalue weighted by Gasteiger charge is 2.31. The summed E-state index contributed by atoms with van der Waals surface area (Å²) >= 11 is 1.49. The van der Waals surface area contributed by atoms with E-state index in [9.17, 15) is 32.3 Å². The van der Waals surface area contributed by atoms with Crippen molar-refractivity contribution in [2.75, 3.05) is 0 Å². The SMILES string of the molecule is Cc1csc(-c2ccc(CC(OC(C)C)C(=O)O)cc2CNC(=O)c2ccc(C(F)(F)F)cc2F)c1. The molecule has 2 N–H and O–H groups in total. The van der Waals surface area contributed by atoms with Gasteiger partial charge in [0.15, 0.2) is 6.10 Å². The van der Waals surface area contributed by atoms with E-state index in [-0.39, 0.29) is 25.1 Å². The number of aryl methyl sites for hydroxylation is 1. The van der Waals surface area contributed by atoms with Gasteiger partial charge in [0.1, 0.15) is 5.82 Å². The normalized spacial score (nSPS) is 12.6. The van der Waals surface area contributed by atoms with Crippen molar-refractivity contribution in [2.24, 2.45) is 0 Å². The van der Waals surface area contributed by atoms with Crippen LogP contribution in [0, 0.1) is 12.7 Å². The Morgan fingerprint density at radius 3 is 2.39 bits per heavy atom. The number of hydrogen-bond donors (Lipinski definition) is 2. The third-order valence-electron chi connectivity index (χ3n) is 5.28. The molecule has 1 atom stereocenters. The number of nitrogens with one attached hydrogen (secondary N) is 1. The number of thiophene rings is 1. The molecule has 1 unspecified atom stereocenters. The first-order valence-electron chi connectivity index (χ1n) is 11.1. The maximum atomic E-state index is 14.3. The van der Waals surface area contributed by atoms with Gasteiger partial charge in [-0.05, 0) is 72.7 Å². The van der Waals surface area contributed by atoms with Crippen LogP contribution in [0.1, 0.15) is 46.5 Å². The summed E-state index contributed by atoms with van der Waals surface area (Å²) in [5, 5.41) is 14.0. The molecule has 0 radical (unpaired) electrons. The molecule has 192 valence electrons. The number of carbonyl (C=O) groups excluding carboxylic acids is 1. The zero-order chi connectivity index (χ0) is 26.6. The summed E-state index contributed by atoms with van der Waals surface area (Å²) in [5.74, 6) is -3.25. The average molecular weight is 524 g/mol. The van der Waals surface area contributed by atoms with Gasteiger partial charge in [0, 0.05) is 17.8 Å². The third-order valence-corrected chi connectivity index (χ3v) is 6.36. The maximum absolute atomic E-state index is 14.3. The van der Waals surface area contributed by atoms with E-state index in [2.05, 4.69) is 5.32 Å². The molecular weight excluding hydrogens is 498 g/mol. The van der Waals surface area contributed by atoms with E-state index in [4.69, 9.17) is 4.74 Å². The second-order valence-electron chi connectivity index (χ2n) is 8.57. The predicted octanol–water partition coefficient (Wildman–Crippen LogP) is 6.23. The van der Waals surface area contributed by atoms with Crippen LogP contribution >= 0.6 is 11.3 Å². The number of carbonyl (C=O) groups is 2. The van der Waals surface area contributed by atoms with Crippen LogP contribution in [0.15, 0.2) is 47.8 Å². The molecule has 3 aromatic rings. The first kappa shape index (κ1) is 27.3. The molecule has 10 heteroatoms. The van der Waals surface area contributed by atoms with Gasteiger partial charge >= 0.3 is 12.1 Å². The third kappa shape index (κ3) is 6.92. The Bertz CT molecular complexity index is 1250. The molecule has 5 nitrogen and oxygen atoms in total. The molecule has 0 saturated carbocycles. The zero-order valence-electron chi connectivity index (χ0n) is 19.8. The Balaban J connectivity index is 1.87. The molecule has 0 fully saturated rings. The van der Waals surface area contributed by atoms with Crippen molar-refractivity contribution in [1.82, 2.24) is 5.32 Å². The number of rotatable bonds is 9. The summed E-state index contributed by atoms with van der Waals surface area (Å²) in [6.45, 7) is 5.35. The molecule has 0 spiro atoms. The second-order valence-corrected chi connectivity index (χ2v) is 9.48. The van der Waals surface area contributed by atoms with Crippen molar-refractivity contribution in [3.8, 4) is 10.4 Å². The Hall–Kier alpha value is -3.24. The molecule has 0 aliphatic rings. The Morgan fingerprint density at radius 1 is 1.11 bits per heavy atom. The van der Waals surface area contributed by atoms with E-state index >= 15 is 0 Å². The molecule has 0 saturated heterocycles. The lowest BCUT2D eigenvalue weighted by Gasteiger charge is -2.18. The van der Waals surface area contributed by atoms with Crippen LogP contribution in [0.25, 0.3) is 10.4 Å². The van der Waals surface area contributed by atoms with Crippen molar-refractivity contribution >= 4 is 23.2 Å². The van der Waals surface area contributed by atoms with Crippen LogP contribution in [0.3, 0.4) is 0 Å². The van der Waals surface area contributed by atoms with Crippen LogP contribution in [0.2, 0.25) is 0 Å². The summed E-state index contributed by atoms with van der Waals surface area (Å²) < 4.78 is 58.2. The largest absolute Gasteiger partial charge is 0.479 e. The second kappa shape index (κ2) is 11.2. The zero-order valence-corrected chi connectivity index (χ0v) is 20.6. The molecular formula is C26H25F4NO4S. The van der Waals surface area contributed by atoms with Crippen molar-refractivity contribution < 1.29 is 37.0 Å².